The highest BCUT2D eigenvalue weighted by Gasteiger charge is 2.32. The second kappa shape index (κ2) is 8.38. The number of halogens is 1. The molecule has 0 atom stereocenters. The first kappa shape index (κ1) is 21.2. The summed E-state index contributed by atoms with van der Waals surface area (Å²) in [6.45, 7) is 2.59. The lowest BCUT2D eigenvalue weighted by atomic mass is 10.3. The average molecular weight is 497 g/mol. The molecule has 2 aliphatic rings. The number of sulfonamides is 1. The molecule has 8 nitrogen and oxygen atoms in total. The third-order valence-corrected chi connectivity index (χ3v) is 9.51. The second-order valence-electron chi connectivity index (χ2n) is 7.67. The number of aromatic nitrogens is 4. The second-order valence-corrected chi connectivity index (χ2v) is 11.9. The lowest BCUT2D eigenvalue weighted by molar-refractivity contribution is 0.144. The van der Waals surface area contributed by atoms with Crippen LogP contribution < -0.4 is 0 Å². The molecule has 1 saturated carbocycles. The Bertz CT molecular complexity index is 1240. The first-order valence-electron chi connectivity index (χ1n) is 10.0. The van der Waals surface area contributed by atoms with E-state index in [0.29, 0.717) is 48.0 Å². The van der Waals surface area contributed by atoms with Crippen molar-refractivity contribution < 1.29 is 8.42 Å². The monoisotopic (exact) mass is 496 g/mol. The molecule has 0 spiro atoms. The molecule has 3 aromatic rings. The largest absolute Gasteiger partial charge is 0.297 e. The van der Waals surface area contributed by atoms with Gasteiger partial charge in [-0.3, -0.25) is 14.5 Å². The van der Waals surface area contributed by atoms with E-state index in [9.17, 15) is 8.42 Å². The Morgan fingerprint density at radius 1 is 1.16 bits per heavy atom. The molecule has 5 rings (SSSR count). The van der Waals surface area contributed by atoms with Crippen LogP contribution in [0.4, 0.5) is 0 Å². The van der Waals surface area contributed by atoms with Crippen molar-refractivity contribution in [3.63, 3.8) is 0 Å². The van der Waals surface area contributed by atoms with Crippen LogP contribution in [0.3, 0.4) is 0 Å². The molecule has 164 valence electrons. The Hall–Kier alpha value is -1.63. The summed E-state index contributed by atoms with van der Waals surface area (Å²) in [4.78, 5) is 6.40. The minimum atomic E-state index is -3.50. The summed E-state index contributed by atoms with van der Waals surface area (Å²) in [5.41, 5.74) is 0.949. The van der Waals surface area contributed by atoms with Gasteiger partial charge in [0.15, 0.2) is 10.6 Å². The summed E-state index contributed by atoms with van der Waals surface area (Å²) in [5.74, 6) is 0.844. The fourth-order valence-corrected chi connectivity index (χ4v) is 7.12. The van der Waals surface area contributed by atoms with E-state index in [1.54, 1.807) is 24.5 Å². The van der Waals surface area contributed by atoms with Crippen LogP contribution >= 0.6 is 35.2 Å². The quantitative estimate of drug-likeness (QED) is 0.486. The van der Waals surface area contributed by atoms with Gasteiger partial charge in [-0.25, -0.2) is 13.1 Å². The lowest BCUT2D eigenvalue weighted by Crippen LogP contribution is -2.48. The molecule has 0 aromatic carbocycles. The molecule has 0 amide bonds. The van der Waals surface area contributed by atoms with E-state index >= 15 is 0 Å². The van der Waals surface area contributed by atoms with E-state index < -0.39 is 10.0 Å². The van der Waals surface area contributed by atoms with Crippen LogP contribution in [-0.2, 0) is 16.7 Å². The molecule has 1 aliphatic heterocycles. The minimum absolute atomic E-state index is 0.289. The number of hydrogen-bond acceptors (Lipinski definition) is 7. The molecule has 12 heteroatoms. The normalized spacial score (nSPS) is 18.5. The van der Waals surface area contributed by atoms with Gasteiger partial charge in [0.2, 0.25) is 0 Å². The number of hydrogen-bond donors (Lipinski definition) is 0. The number of piperazine rings is 1. The van der Waals surface area contributed by atoms with E-state index in [2.05, 4.69) is 14.5 Å². The van der Waals surface area contributed by atoms with Crippen LogP contribution in [0.2, 0.25) is 4.34 Å². The topological polar surface area (TPSA) is 76.3 Å². The van der Waals surface area contributed by atoms with Gasteiger partial charge in [-0.05, 0) is 49.3 Å². The molecule has 31 heavy (non-hydrogen) atoms. The fourth-order valence-electron chi connectivity index (χ4n) is 3.73. The predicted molar refractivity (Wildman–Crippen MR) is 122 cm³/mol. The number of pyridine rings is 1. The molecule has 4 heterocycles. The zero-order valence-electron chi connectivity index (χ0n) is 16.6. The summed E-state index contributed by atoms with van der Waals surface area (Å²) >= 11 is 12.8. The molecule has 0 radical (unpaired) electrons. The van der Waals surface area contributed by atoms with Crippen LogP contribution in [0.25, 0.3) is 11.4 Å². The van der Waals surface area contributed by atoms with Crippen molar-refractivity contribution in [1.29, 1.82) is 0 Å². The Morgan fingerprint density at radius 3 is 2.55 bits per heavy atom. The summed E-state index contributed by atoms with van der Waals surface area (Å²) in [6, 6.07) is 7.48. The van der Waals surface area contributed by atoms with E-state index in [1.165, 1.54) is 4.31 Å². The van der Waals surface area contributed by atoms with Crippen molar-refractivity contribution in [1.82, 2.24) is 28.5 Å². The van der Waals surface area contributed by atoms with Crippen LogP contribution in [0.1, 0.15) is 18.9 Å². The smallest absolute Gasteiger partial charge is 0.252 e. The summed E-state index contributed by atoms with van der Waals surface area (Å²) in [6.07, 6.45) is 5.77. The molecule has 1 saturated heterocycles. The van der Waals surface area contributed by atoms with Gasteiger partial charge in [-0.1, -0.05) is 11.6 Å². The lowest BCUT2D eigenvalue weighted by Gasteiger charge is -2.33. The predicted octanol–water partition coefficient (Wildman–Crippen LogP) is 3.49. The third-order valence-electron chi connectivity index (χ3n) is 5.51. The Kier molecular flexibility index (Phi) is 5.74. The van der Waals surface area contributed by atoms with Crippen molar-refractivity contribution in [3.8, 4) is 11.4 Å². The minimum Gasteiger partial charge on any atom is -0.297 e. The first-order valence-corrected chi connectivity index (χ1v) is 13.1. The summed E-state index contributed by atoms with van der Waals surface area (Å²) < 4.78 is 32.6. The van der Waals surface area contributed by atoms with Crippen LogP contribution in [0.5, 0.6) is 0 Å². The van der Waals surface area contributed by atoms with Crippen molar-refractivity contribution >= 4 is 45.2 Å². The molecule has 1 aliphatic carbocycles. The molecule has 0 bridgehead atoms. The fraction of sp³-hybridized carbons (Fsp3) is 0.421. The zero-order chi connectivity index (χ0) is 21.6. The highest BCUT2D eigenvalue weighted by Crippen LogP contribution is 2.38. The Labute approximate surface area is 194 Å². The molecular formula is C19H21ClN6O2S3. The van der Waals surface area contributed by atoms with Crippen LogP contribution in [-0.4, -0.2) is 63.1 Å². The van der Waals surface area contributed by atoms with E-state index in [0.717, 1.165) is 35.6 Å². The highest BCUT2D eigenvalue weighted by molar-refractivity contribution is 7.91. The van der Waals surface area contributed by atoms with Gasteiger partial charge in [0.1, 0.15) is 4.21 Å². The number of nitrogens with zero attached hydrogens (tertiary/aromatic N) is 6. The van der Waals surface area contributed by atoms with Crippen molar-refractivity contribution in [2.24, 2.45) is 0 Å². The van der Waals surface area contributed by atoms with Gasteiger partial charge in [0, 0.05) is 50.2 Å². The molecular weight excluding hydrogens is 476 g/mol. The Balaban J connectivity index is 1.31. The summed E-state index contributed by atoms with van der Waals surface area (Å²) in [7, 11) is -3.50. The van der Waals surface area contributed by atoms with E-state index in [1.807, 2.05) is 16.8 Å². The van der Waals surface area contributed by atoms with Gasteiger partial charge in [0.05, 0.1) is 11.0 Å². The molecule has 0 N–H and O–H groups in total. The summed E-state index contributed by atoms with van der Waals surface area (Å²) in [5, 5.41) is 4.80. The van der Waals surface area contributed by atoms with Crippen LogP contribution in [0.15, 0.2) is 40.9 Å². The molecule has 0 unspecified atom stereocenters. The van der Waals surface area contributed by atoms with Gasteiger partial charge >= 0.3 is 0 Å². The number of thiophene rings is 1. The number of rotatable bonds is 6. The Morgan fingerprint density at radius 2 is 1.94 bits per heavy atom. The average Bonchev–Trinajstić information content (AvgIpc) is 3.43. The molecule has 2 fully saturated rings. The van der Waals surface area contributed by atoms with Gasteiger partial charge in [-0.2, -0.15) is 9.40 Å². The maximum absolute atomic E-state index is 12.8. The van der Waals surface area contributed by atoms with Crippen molar-refractivity contribution in [2.45, 2.75) is 29.8 Å². The third kappa shape index (κ3) is 4.22. The van der Waals surface area contributed by atoms with Crippen LogP contribution in [0, 0.1) is 4.77 Å². The maximum atomic E-state index is 12.8. The van der Waals surface area contributed by atoms with E-state index in [4.69, 9.17) is 28.9 Å². The SMILES string of the molecule is O=S(=O)(c1ccc(Cl)s1)N1CCN(Cn2nc(-c3cccnc3)n(C3CC3)c2=S)CC1. The highest BCUT2D eigenvalue weighted by atomic mass is 35.5. The van der Waals surface area contributed by atoms with Gasteiger partial charge in [0.25, 0.3) is 10.0 Å². The standard InChI is InChI=1S/C19H21ClN6O2S3/c20-16-5-6-17(30-16)31(27,28)24-10-8-23(9-11-24)13-25-19(29)26(15-3-4-15)18(22-25)14-2-1-7-21-12-14/h1-2,5-7,12,15H,3-4,8-11,13H2. The van der Waals surface area contributed by atoms with Gasteiger partial charge in [-0.15, -0.1) is 11.3 Å². The van der Waals surface area contributed by atoms with E-state index in [-0.39, 0.29) is 4.21 Å². The van der Waals surface area contributed by atoms with Crippen molar-refractivity contribution in [3.05, 3.63) is 45.8 Å². The van der Waals surface area contributed by atoms with Crippen molar-refractivity contribution in [2.75, 3.05) is 26.2 Å². The van der Waals surface area contributed by atoms with Gasteiger partial charge < -0.3 is 0 Å². The first-order chi connectivity index (χ1) is 14.9. The molecule has 3 aromatic heterocycles. The maximum Gasteiger partial charge on any atom is 0.252 e. The zero-order valence-corrected chi connectivity index (χ0v) is 19.8.